The molecule has 1 aliphatic heterocycles. The number of carbonyl (C=O) groups is 1. The van der Waals surface area contributed by atoms with Crippen LogP contribution in [0.4, 0.5) is 5.82 Å². The van der Waals surface area contributed by atoms with Crippen molar-refractivity contribution in [2.45, 2.75) is 19.9 Å². The van der Waals surface area contributed by atoms with E-state index in [1.54, 1.807) is 0 Å². The molecule has 0 bridgehead atoms. The summed E-state index contributed by atoms with van der Waals surface area (Å²) in [6.07, 6.45) is 1.20. The summed E-state index contributed by atoms with van der Waals surface area (Å²) >= 11 is 1.96. The van der Waals surface area contributed by atoms with Gasteiger partial charge in [0.15, 0.2) is 5.69 Å². The number of rotatable bonds is 3. The van der Waals surface area contributed by atoms with Crippen molar-refractivity contribution in [2.75, 3.05) is 24.3 Å². The van der Waals surface area contributed by atoms with Gasteiger partial charge in [0, 0.05) is 6.54 Å². The number of nitrogens with zero attached hydrogens (tertiary/aromatic N) is 2. The highest BCUT2D eigenvalue weighted by Crippen LogP contribution is 2.27. The molecule has 1 unspecified atom stereocenters. The predicted molar refractivity (Wildman–Crippen MR) is 68.1 cm³/mol. The number of anilines is 1. The number of thioether (sulfide) groups is 1. The van der Waals surface area contributed by atoms with E-state index in [0.717, 1.165) is 18.1 Å². The lowest BCUT2D eigenvalue weighted by molar-refractivity contribution is 0.0595. The Labute approximate surface area is 105 Å². The third-order valence-corrected chi connectivity index (χ3v) is 4.27. The predicted octanol–water partition coefficient (Wildman–Crippen LogP) is 1.31. The third-order valence-electron chi connectivity index (χ3n) is 3.04. The molecule has 1 aromatic rings. The first-order valence-electron chi connectivity index (χ1n) is 5.62. The molecule has 0 radical (unpaired) electrons. The lowest BCUT2D eigenvalue weighted by Gasteiger charge is -2.12. The Morgan fingerprint density at radius 2 is 2.47 bits per heavy atom. The first-order valence-corrected chi connectivity index (χ1v) is 6.77. The third kappa shape index (κ3) is 2.41. The first-order chi connectivity index (χ1) is 8.13. The van der Waals surface area contributed by atoms with E-state index in [1.165, 1.54) is 19.3 Å². The SMILES string of the molecule is COC(=O)c1nc(C)n(CC2CCSC2)c1N. The lowest BCUT2D eigenvalue weighted by atomic mass is 10.1. The number of aromatic nitrogens is 2. The second kappa shape index (κ2) is 5.00. The van der Waals surface area contributed by atoms with E-state index < -0.39 is 5.97 Å². The number of ether oxygens (including phenoxy) is 1. The van der Waals surface area contributed by atoms with Gasteiger partial charge in [-0.25, -0.2) is 9.78 Å². The molecule has 94 valence electrons. The molecule has 2 N–H and O–H groups in total. The van der Waals surface area contributed by atoms with Gasteiger partial charge in [-0.1, -0.05) is 0 Å². The quantitative estimate of drug-likeness (QED) is 0.825. The number of imidazole rings is 1. The molecule has 1 fully saturated rings. The number of nitrogens with two attached hydrogens (primary N) is 1. The zero-order chi connectivity index (χ0) is 12.4. The molecule has 1 aliphatic rings. The van der Waals surface area contributed by atoms with Gasteiger partial charge < -0.3 is 15.0 Å². The number of methoxy groups -OCH3 is 1. The standard InChI is InChI=1S/C11H17N3O2S/c1-7-13-9(11(15)16-2)10(12)14(7)5-8-3-4-17-6-8/h8H,3-6,12H2,1-2H3. The van der Waals surface area contributed by atoms with E-state index in [-0.39, 0.29) is 5.69 Å². The fraction of sp³-hybridized carbons (Fsp3) is 0.636. The molecule has 2 rings (SSSR count). The van der Waals surface area contributed by atoms with Crippen LogP contribution in [0.5, 0.6) is 0 Å². The molecule has 17 heavy (non-hydrogen) atoms. The van der Waals surface area contributed by atoms with Crippen molar-refractivity contribution in [2.24, 2.45) is 5.92 Å². The molecule has 1 atom stereocenters. The topological polar surface area (TPSA) is 70.1 Å². The highest BCUT2D eigenvalue weighted by Gasteiger charge is 2.22. The number of nitrogen functional groups attached to an aromatic ring is 1. The van der Waals surface area contributed by atoms with Gasteiger partial charge in [-0.15, -0.1) is 0 Å². The Morgan fingerprint density at radius 1 is 1.71 bits per heavy atom. The van der Waals surface area contributed by atoms with Crippen LogP contribution in [-0.4, -0.2) is 34.1 Å². The molecule has 0 amide bonds. The smallest absolute Gasteiger partial charge is 0.360 e. The minimum atomic E-state index is -0.467. The molecular weight excluding hydrogens is 238 g/mol. The maximum atomic E-state index is 11.5. The maximum Gasteiger partial charge on any atom is 0.360 e. The Hall–Kier alpha value is -1.17. The number of hydrogen-bond donors (Lipinski definition) is 1. The van der Waals surface area contributed by atoms with Crippen LogP contribution in [0.1, 0.15) is 22.7 Å². The Kier molecular flexibility index (Phi) is 3.61. The molecule has 2 heterocycles. The minimum Gasteiger partial charge on any atom is -0.464 e. The van der Waals surface area contributed by atoms with E-state index in [2.05, 4.69) is 9.72 Å². The number of esters is 1. The molecule has 5 nitrogen and oxygen atoms in total. The van der Waals surface area contributed by atoms with E-state index in [4.69, 9.17) is 5.73 Å². The van der Waals surface area contributed by atoms with Gasteiger partial charge in [-0.3, -0.25) is 0 Å². The molecule has 0 spiro atoms. The zero-order valence-corrected chi connectivity index (χ0v) is 10.9. The summed E-state index contributed by atoms with van der Waals surface area (Å²) in [7, 11) is 1.34. The fourth-order valence-electron chi connectivity index (χ4n) is 2.04. The number of hydrogen-bond acceptors (Lipinski definition) is 5. The monoisotopic (exact) mass is 255 g/mol. The second-order valence-electron chi connectivity index (χ2n) is 4.22. The zero-order valence-electron chi connectivity index (χ0n) is 10.1. The van der Waals surface area contributed by atoms with Crippen molar-refractivity contribution >= 4 is 23.5 Å². The Morgan fingerprint density at radius 3 is 3.06 bits per heavy atom. The Balaban J connectivity index is 2.21. The van der Waals surface area contributed by atoms with Crippen molar-refractivity contribution in [3.8, 4) is 0 Å². The normalized spacial score (nSPS) is 19.5. The molecule has 0 aromatic carbocycles. The first kappa shape index (κ1) is 12.3. The van der Waals surface area contributed by atoms with Crippen LogP contribution in [0.15, 0.2) is 0 Å². The molecular formula is C11H17N3O2S. The summed E-state index contributed by atoms with van der Waals surface area (Å²) in [6.45, 7) is 2.71. The number of carbonyl (C=O) groups excluding carboxylic acids is 1. The van der Waals surface area contributed by atoms with Crippen molar-refractivity contribution in [1.82, 2.24) is 9.55 Å². The van der Waals surface area contributed by atoms with Crippen LogP contribution < -0.4 is 5.73 Å². The van der Waals surface area contributed by atoms with Crippen LogP contribution in [0.3, 0.4) is 0 Å². The van der Waals surface area contributed by atoms with Gasteiger partial charge in [0.2, 0.25) is 0 Å². The van der Waals surface area contributed by atoms with E-state index in [9.17, 15) is 4.79 Å². The largest absolute Gasteiger partial charge is 0.464 e. The Bertz CT molecular complexity index is 425. The molecule has 0 saturated carbocycles. The van der Waals surface area contributed by atoms with Crippen LogP contribution in [0.25, 0.3) is 0 Å². The minimum absolute atomic E-state index is 0.232. The highest BCUT2D eigenvalue weighted by molar-refractivity contribution is 7.99. The van der Waals surface area contributed by atoms with Gasteiger partial charge in [-0.05, 0) is 30.8 Å². The van der Waals surface area contributed by atoms with Gasteiger partial charge in [0.1, 0.15) is 11.6 Å². The lowest BCUT2D eigenvalue weighted by Crippen LogP contribution is -2.14. The average molecular weight is 255 g/mol. The molecule has 1 aromatic heterocycles. The van der Waals surface area contributed by atoms with Gasteiger partial charge in [-0.2, -0.15) is 11.8 Å². The van der Waals surface area contributed by atoms with Gasteiger partial charge in [0.05, 0.1) is 7.11 Å². The van der Waals surface area contributed by atoms with Crippen molar-refractivity contribution in [3.63, 3.8) is 0 Å². The van der Waals surface area contributed by atoms with Crippen molar-refractivity contribution in [1.29, 1.82) is 0 Å². The average Bonchev–Trinajstić information content (AvgIpc) is 2.91. The van der Waals surface area contributed by atoms with E-state index in [1.807, 2.05) is 23.3 Å². The molecule has 1 saturated heterocycles. The summed E-state index contributed by atoms with van der Waals surface area (Å²) in [4.78, 5) is 15.6. The van der Waals surface area contributed by atoms with E-state index in [0.29, 0.717) is 11.7 Å². The van der Waals surface area contributed by atoms with Gasteiger partial charge in [0.25, 0.3) is 0 Å². The summed E-state index contributed by atoms with van der Waals surface area (Å²) in [5.74, 6) is 3.73. The van der Waals surface area contributed by atoms with Crippen LogP contribution >= 0.6 is 11.8 Å². The summed E-state index contributed by atoms with van der Waals surface area (Å²) in [5, 5.41) is 0. The van der Waals surface area contributed by atoms with Crippen molar-refractivity contribution < 1.29 is 9.53 Å². The molecule has 6 heteroatoms. The second-order valence-corrected chi connectivity index (χ2v) is 5.37. The summed E-state index contributed by atoms with van der Waals surface area (Å²) in [5.41, 5.74) is 6.18. The molecule has 0 aliphatic carbocycles. The van der Waals surface area contributed by atoms with Crippen molar-refractivity contribution in [3.05, 3.63) is 11.5 Å². The summed E-state index contributed by atoms with van der Waals surface area (Å²) in [6, 6.07) is 0. The van der Waals surface area contributed by atoms with Gasteiger partial charge >= 0.3 is 5.97 Å². The fourth-order valence-corrected chi connectivity index (χ4v) is 3.32. The summed E-state index contributed by atoms with van der Waals surface area (Å²) < 4.78 is 6.58. The van der Waals surface area contributed by atoms with Crippen LogP contribution in [-0.2, 0) is 11.3 Å². The highest BCUT2D eigenvalue weighted by atomic mass is 32.2. The van der Waals surface area contributed by atoms with Crippen LogP contribution in [0, 0.1) is 12.8 Å². The van der Waals surface area contributed by atoms with E-state index >= 15 is 0 Å². The number of aryl methyl sites for hydroxylation is 1. The maximum absolute atomic E-state index is 11.5. The van der Waals surface area contributed by atoms with Crippen LogP contribution in [0.2, 0.25) is 0 Å².